The van der Waals surface area contributed by atoms with Crippen molar-refractivity contribution in [3.8, 4) is 0 Å². The zero-order chi connectivity index (χ0) is 24.1. The first-order valence-corrected chi connectivity index (χ1v) is 11.8. The van der Waals surface area contributed by atoms with Gasteiger partial charge in [0.2, 0.25) is 0 Å². The first-order chi connectivity index (χ1) is 16.4. The molecule has 178 valence electrons. The maximum absolute atomic E-state index is 12.9. The van der Waals surface area contributed by atoms with E-state index < -0.39 is 12.1 Å². The summed E-state index contributed by atoms with van der Waals surface area (Å²) in [5.41, 5.74) is 2.94. The van der Waals surface area contributed by atoms with Crippen molar-refractivity contribution >= 4 is 23.5 Å². The molecular weight excluding hydrogens is 452 g/mol. The summed E-state index contributed by atoms with van der Waals surface area (Å²) in [6.07, 6.45) is -0.902. The molecule has 4 rings (SSSR count). The third kappa shape index (κ3) is 5.66. The number of esters is 1. The van der Waals surface area contributed by atoms with Crippen LogP contribution in [0.1, 0.15) is 34.1 Å². The second kappa shape index (κ2) is 10.8. The van der Waals surface area contributed by atoms with E-state index in [1.807, 2.05) is 48.5 Å². The number of piperazine rings is 1. The minimum absolute atomic E-state index is 0.196. The number of amides is 1. The molecule has 0 N–H and O–H groups in total. The van der Waals surface area contributed by atoms with E-state index >= 15 is 0 Å². The topological polar surface area (TPSA) is 67.7 Å². The Morgan fingerprint density at radius 1 is 0.941 bits per heavy atom. The van der Waals surface area contributed by atoms with Gasteiger partial charge in [-0.05, 0) is 25.0 Å². The van der Waals surface area contributed by atoms with Gasteiger partial charge in [0.1, 0.15) is 10.7 Å². The minimum Gasteiger partial charge on any atom is -0.449 e. The molecule has 1 aliphatic heterocycles. The highest BCUT2D eigenvalue weighted by Crippen LogP contribution is 2.23. The molecule has 0 radical (unpaired) electrons. The Morgan fingerprint density at radius 3 is 2.09 bits per heavy atom. The number of aromatic nitrogens is 2. The van der Waals surface area contributed by atoms with E-state index in [2.05, 4.69) is 22.1 Å². The van der Waals surface area contributed by atoms with Crippen LogP contribution in [0.15, 0.2) is 60.7 Å². The summed E-state index contributed by atoms with van der Waals surface area (Å²) in [5.74, 6) is -0.830. The average Bonchev–Trinajstić information content (AvgIpc) is 3.13. The lowest BCUT2D eigenvalue weighted by Crippen LogP contribution is -2.51. The van der Waals surface area contributed by atoms with Crippen LogP contribution < -0.4 is 0 Å². The van der Waals surface area contributed by atoms with E-state index in [4.69, 9.17) is 16.3 Å². The monoisotopic (exact) mass is 480 g/mol. The summed E-state index contributed by atoms with van der Waals surface area (Å²) in [4.78, 5) is 29.9. The molecule has 34 heavy (non-hydrogen) atoms. The number of ether oxygens (including phenoxy) is 1. The van der Waals surface area contributed by atoms with Gasteiger partial charge < -0.3 is 9.64 Å². The molecule has 0 bridgehead atoms. The van der Waals surface area contributed by atoms with Crippen molar-refractivity contribution in [2.24, 2.45) is 0 Å². The van der Waals surface area contributed by atoms with Gasteiger partial charge in [-0.2, -0.15) is 5.10 Å². The van der Waals surface area contributed by atoms with Crippen LogP contribution in [0.2, 0.25) is 5.15 Å². The SMILES string of the molecule is Cc1nn(Cc2ccccc2)c(Cl)c1C(=O)O[C@H](C)C(=O)N1CCN(Cc2ccccc2)CC1. The summed E-state index contributed by atoms with van der Waals surface area (Å²) in [5, 5.41) is 4.60. The van der Waals surface area contributed by atoms with Crippen LogP contribution in [0.5, 0.6) is 0 Å². The van der Waals surface area contributed by atoms with Crippen LogP contribution in [0.3, 0.4) is 0 Å². The second-order valence-corrected chi connectivity index (χ2v) is 8.89. The van der Waals surface area contributed by atoms with Crippen molar-refractivity contribution in [1.29, 1.82) is 0 Å². The summed E-state index contributed by atoms with van der Waals surface area (Å²) >= 11 is 6.47. The number of benzene rings is 2. The first-order valence-electron chi connectivity index (χ1n) is 11.4. The van der Waals surface area contributed by atoms with Gasteiger partial charge in [-0.3, -0.25) is 9.69 Å². The summed E-state index contributed by atoms with van der Waals surface area (Å²) in [7, 11) is 0. The number of halogens is 1. The Bertz CT molecular complexity index is 1130. The van der Waals surface area contributed by atoms with Crippen LogP contribution in [0.25, 0.3) is 0 Å². The molecule has 1 fully saturated rings. The first kappa shape index (κ1) is 24.0. The van der Waals surface area contributed by atoms with Crippen molar-refractivity contribution in [2.75, 3.05) is 26.2 Å². The Labute approximate surface area is 204 Å². The third-order valence-electron chi connectivity index (χ3n) is 6.01. The highest BCUT2D eigenvalue weighted by Gasteiger charge is 2.30. The Kier molecular flexibility index (Phi) is 7.65. The number of carbonyl (C=O) groups excluding carboxylic acids is 2. The van der Waals surface area contributed by atoms with Crippen molar-refractivity contribution in [3.63, 3.8) is 0 Å². The number of rotatable bonds is 7. The fourth-order valence-electron chi connectivity index (χ4n) is 4.14. The quantitative estimate of drug-likeness (QED) is 0.481. The predicted octanol–water partition coefficient (Wildman–Crippen LogP) is 3.78. The fraction of sp³-hybridized carbons (Fsp3) is 0.346. The maximum Gasteiger partial charge on any atom is 0.343 e. The standard InChI is InChI=1S/C26H29ClN4O3/c1-19-23(24(27)31(28-19)18-22-11-7-4-8-12-22)26(33)34-20(2)25(32)30-15-13-29(14-16-30)17-21-9-5-3-6-10-21/h3-12,20H,13-18H2,1-2H3/t20-/m1/s1. The Hall–Kier alpha value is -3.16. The minimum atomic E-state index is -0.902. The van der Waals surface area contributed by atoms with Crippen molar-refractivity contribution in [3.05, 3.63) is 88.2 Å². The number of carbonyl (C=O) groups is 2. The zero-order valence-corrected chi connectivity index (χ0v) is 20.2. The molecule has 0 aliphatic carbocycles. The van der Waals surface area contributed by atoms with E-state index in [1.165, 1.54) is 5.56 Å². The molecule has 3 aromatic rings. The van der Waals surface area contributed by atoms with E-state index in [1.54, 1.807) is 23.4 Å². The lowest BCUT2D eigenvalue weighted by atomic mass is 10.2. The highest BCUT2D eigenvalue weighted by atomic mass is 35.5. The largest absolute Gasteiger partial charge is 0.449 e. The van der Waals surface area contributed by atoms with E-state index in [9.17, 15) is 9.59 Å². The molecule has 1 aromatic heterocycles. The van der Waals surface area contributed by atoms with Gasteiger partial charge in [0.15, 0.2) is 6.10 Å². The molecule has 2 heterocycles. The third-order valence-corrected chi connectivity index (χ3v) is 6.39. The van der Waals surface area contributed by atoms with Gasteiger partial charge in [-0.1, -0.05) is 72.3 Å². The summed E-state index contributed by atoms with van der Waals surface area (Å²) < 4.78 is 7.09. The van der Waals surface area contributed by atoms with Crippen molar-refractivity contribution < 1.29 is 14.3 Å². The van der Waals surface area contributed by atoms with E-state index in [-0.39, 0.29) is 16.6 Å². The van der Waals surface area contributed by atoms with Crippen LogP contribution in [0, 0.1) is 6.92 Å². The average molecular weight is 481 g/mol. The van der Waals surface area contributed by atoms with Crippen molar-refractivity contribution in [1.82, 2.24) is 19.6 Å². The molecule has 1 aliphatic rings. The molecule has 7 nitrogen and oxygen atoms in total. The van der Waals surface area contributed by atoms with Crippen molar-refractivity contribution in [2.45, 2.75) is 33.0 Å². The number of hydrogen-bond donors (Lipinski definition) is 0. The van der Waals surface area contributed by atoms with Gasteiger partial charge in [-0.15, -0.1) is 0 Å². The maximum atomic E-state index is 12.9. The Morgan fingerprint density at radius 2 is 1.50 bits per heavy atom. The van der Waals surface area contributed by atoms with E-state index in [0.29, 0.717) is 25.3 Å². The smallest absolute Gasteiger partial charge is 0.343 e. The molecule has 8 heteroatoms. The normalized spacial score (nSPS) is 15.2. The predicted molar refractivity (Wildman–Crippen MR) is 131 cm³/mol. The number of nitrogens with zero attached hydrogens (tertiary/aromatic N) is 4. The second-order valence-electron chi connectivity index (χ2n) is 8.53. The molecule has 0 spiro atoms. The molecule has 0 saturated carbocycles. The summed E-state index contributed by atoms with van der Waals surface area (Å²) in [6, 6.07) is 20.0. The van der Waals surface area contributed by atoms with Gasteiger partial charge in [-0.25, -0.2) is 9.48 Å². The van der Waals surface area contributed by atoms with E-state index in [0.717, 1.165) is 25.2 Å². The van der Waals surface area contributed by atoms with Crippen LogP contribution in [-0.4, -0.2) is 63.7 Å². The zero-order valence-electron chi connectivity index (χ0n) is 19.5. The number of hydrogen-bond acceptors (Lipinski definition) is 5. The lowest BCUT2D eigenvalue weighted by Gasteiger charge is -2.35. The van der Waals surface area contributed by atoms with Gasteiger partial charge in [0.25, 0.3) is 5.91 Å². The lowest BCUT2D eigenvalue weighted by molar-refractivity contribution is -0.141. The molecular formula is C26H29ClN4O3. The summed E-state index contributed by atoms with van der Waals surface area (Å²) in [6.45, 7) is 7.37. The van der Waals surface area contributed by atoms with Crippen LogP contribution >= 0.6 is 11.6 Å². The van der Waals surface area contributed by atoms with Gasteiger partial charge >= 0.3 is 5.97 Å². The Balaban J connectivity index is 1.32. The van der Waals surface area contributed by atoms with Crippen LogP contribution in [0.4, 0.5) is 0 Å². The molecule has 1 amide bonds. The molecule has 0 unspecified atom stereocenters. The molecule has 1 saturated heterocycles. The van der Waals surface area contributed by atoms with Gasteiger partial charge in [0.05, 0.1) is 12.2 Å². The highest BCUT2D eigenvalue weighted by molar-refractivity contribution is 6.32. The van der Waals surface area contributed by atoms with Gasteiger partial charge in [0, 0.05) is 32.7 Å². The molecule has 1 atom stereocenters. The molecule has 2 aromatic carbocycles. The number of aryl methyl sites for hydroxylation is 1. The fourth-order valence-corrected chi connectivity index (χ4v) is 4.45. The van der Waals surface area contributed by atoms with Crippen LogP contribution in [-0.2, 0) is 22.6 Å².